The fourth-order valence-corrected chi connectivity index (χ4v) is 3.19. The Hall–Kier alpha value is -2.33. The van der Waals surface area contributed by atoms with Crippen LogP contribution in [-0.2, 0) is 11.3 Å². The molecule has 0 aliphatic carbocycles. The first-order chi connectivity index (χ1) is 11.2. The number of aromatic nitrogens is 3. The number of thioether (sulfide) groups is 1. The van der Waals surface area contributed by atoms with Crippen molar-refractivity contribution in [1.29, 1.82) is 0 Å². The van der Waals surface area contributed by atoms with Crippen molar-refractivity contribution in [2.45, 2.75) is 17.8 Å². The van der Waals surface area contributed by atoms with Crippen LogP contribution in [0.25, 0.3) is 0 Å². The van der Waals surface area contributed by atoms with Crippen LogP contribution in [-0.4, -0.2) is 27.0 Å². The third kappa shape index (κ3) is 4.57. The lowest BCUT2D eigenvalue weighted by molar-refractivity contribution is -0.113. The topological polar surface area (TPSA) is 106 Å². The highest BCUT2D eigenvalue weighted by molar-refractivity contribution is 8.01. The molecule has 120 valence electrons. The Kier molecular flexibility index (Phi) is 4.93. The molecular weight excluding hydrogens is 338 g/mol. The molecule has 0 saturated heterocycles. The molecule has 3 aromatic rings. The van der Waals surface area contributed by atoms with Gasteiger partial charge in [-0.2, -0.15) is 0 Å². The van der Waals surface area contributed by atoms with Crippen LogP contribution in [0.15, 0.2) is 37.7 Å². The van der Waals surface area contributed by atoms with E-state index in [1.54, 1.807) is 19.3 Å². The molecule has 0 saturated carbocycles. The molecule has 0 fully saturated rings. The standard InChI is InChI=1S/C13H13N5O3S2/c1-8-5-11(21-18-8)15-10(19)7-22-13-17-16-12(23-13)14-6-9-3-2-4-20-9/h2-5H,6-7H2,1H3,(H,14,16)(H,15,19). The van der Waals surface area contributed by atoms with E-state index < -0.39 is 0 Å². The van der Waals surface area contributed by atoms with Crippen LogP contribution in [0.1, 0.15) is 11.5 Å². The smallest absolute Gasteiger partial charge is 0.237 e. The minimum atomic E-state index is -0.188. The molecule has 0 aliphatic rings. The van der Waals surface area contributed by atoms with Gasteiger partial charge in [-0.25, -0.2) is 0 Å². The van der Waals surface area contributed by atoms with Gasteiger partial charge in [0.05, 0.1) is 24.3 Å². The number of carbonyl (C=O) groups is 1. The van der Waals surface area contributed by atoms with Crippen molar-refractivity contribution >= 4 is 40.0 Å². The van der Waals surface area contributed by atoms with Crippen LogP contribution in [0.5, 0.6) is 0 Å². The summed E-state index contributed by atoms with van der Waals surface area (Å²) in [4.78, 5) is 11.8. The number of rotatable bonds is 7. The fraction of sp³-hybridized carbons (Fsp3) is 0.231. The summed E-state index contributed by atoms with van der Waals surface area (Å²) in [5.74, 6) is 1.18. The van der Waals surface area contributed by atoms with E-state index in [2.05, 4.69) is 26.0 Å². The minimum Gasteiger partial charge on any atom is -0.467 e. The summed E-state index contributed by atoms with van der Waals surface area (Å²) in [6, 6.07) is 5.36. The molecule has 3 aromatic heterocycles. The van der Waals surface area contributed by atoms with Gasteiger partial charge < -0.3 is 14.3 Å². The number of hydrogen-bond donors (Lipinski definition) is 2. The Morgan fingerprint density at radius 1 is 1.43 bits per heavy atom. The Bertz CT molecular complexity index is 768. The Morgan fingerprint density at radius 3 is 3.09 bits per heavy atom. The molecule has 0 aliphatic heterocycles. The third-order valence-electron chi connectivity index (χ3n) is 2.62. The van der Waals surface area contributed by atoms with Gasteiger partial charge in [0.15, 0.2) is 4.34 Å². The highest BCUT2D eigenvalue weighted by atomic mass is 32.2. The van der Waals surface area contributed by atoms with Crippen molar-refractivity contribution in [2.24, 2.45) is 0 Å². The molecule has 10 heteroatoms. The largest absolute Gasteiger partial charge is 0.467 e. The molecule has 8 nitrogen and oxygen atoms in total. The lowest BCUT2D eigenvalue weighted by atomic mass is 10.4. The van der Waals surface area contributed by atoms with Crippen molar-refractivity contribution in [1.82, 2.24) is 15.4 Å². The van der Waals surface area contributed by atoms with Gasteiger partial charge in [-0.05, 0) is 19.1 Å². The monoisotopic (exact) mass is 351 g/mol. The molecule has 0 atom stereocenters. The van der Waals surface area contributed by atoms with E-state index in [0.29, 0.717) is 27.6 Å². The molecule has 0 aromatic carbocycles. The minimum absolute atomic E-state index is 0.188. The van der Waals surface area contributed by atoms with E-state index in [1.165, 1.54) is 23.1 Å². The number of nitrogens with zero attached hydrogens (tertiary/aromatic N) is 3. The van der Waals surface area contributed by atoms with Crippen LogP contribution in [0, 0.1) is 6.92 Å². The quantitative estimate of drug-likeness (QED) is 0.626. The zero-order chi connectivity index (χ0) is 16.1. The maximum Gasteiger partial charge on any atom is 0.237 e. The molecule has 3 heterocycles. The Balaban J connectivity index is 1.44. The third-order valence-corrected chi connectivity index (χ3v) is 4.63. The van der Waals surface area contributed by atoms with Crippen LogP contribution in [0.4, 0.5) is 11.0 Å². The van der Waals surface area contributed by atoms with Crippen molar-refractivity contribution in [3.05, 3.63) is 35.9 Å². The number of aryl methyl sites for hydroxylation is 1. The second-order valence-corrected chi connectivity index (χ2v) is 6.68. The fourth-order valence-electron chi connectivity index (χ4n) is 1.64. The normalized spacial score (nSPS) is 10.7. The number of hydrogen-bond acceptors (Lipinski definition) is 9. The maximum absolute atomic E-state index is 11.8. The molecular formula is C13H13N5O3S2. The maximum atomic E-state index is 11.8. The zero-order valence-electron chi connectivity index (χ0n) is 12.1. The summed E-state index contributed by atoms with van der Waals surface area (Å²) in [6.45, 7) is 2.32. The van der Waals surface area contributed by atoms with Crippen LogP contribution < -0.4 is 10.6 Å². The molecule has 1 amide bonds. The highest BCUT2D eigenvalue weighted by Crippen LogP contribution is 2.26. The van der Waals surface area contributed by atoms with Gasteiger partial charge in [0, 0.05) is 6.07 Å². The predicted molar refractivity (Wildman–Crippen MR) is 86.5 cm³/mol. The lowest BCUT2D eigenvalue weighted by Crippen LogP contribution is -2.13. The highest BCUT2D eigenvalue weighted by Gasteiger charge is 2.10. The molecule has 2 N–H and O–H groups in total. The summed E-state index contributed by atoms with van der Waals surface area (Å²) in [6.07, 6.45) is 1.62. The molecule has 23 heavy (non-hydrogen) atoms. The summed E-state index contributed by atoms with van der Waals surface area (Å²) >= 11 is 2.69. The first-order valence-electron chi connectivity index (χ1n) is 6.65. The molecule has 0 unspecified atom stereocenters. The van der Waals surface area contributed by atoms with E-state index in [-0.39, 0.29) is 11.7 Å². The summed E-state index contributed by atoms with van der Waals surface area (Å²) in [5.41, 5.74) is 0.712. The average molecular weight is 351 g/mol. The molecule has 0 spiro atoms. The Labute approximate surface area is 139 Å². The van der Waals surface area contributed by atoms with E-state index in [0.717, 1.165) is 5.76 Å². The van der Waals surface area contributed by atoms with Gasteiger partial charge in [-0.3, -0.25) is 10.1 Å². The van der Waals surface area contributed by atoms with E-state index >= 15 is 0 Å². The molecule has 0 bridgehead atoms. The SMILES string of the molecule is Cc1cc(NC(=O)CSc2nnc(NCc3ccco3)s2)on1. The molecule has 3 rings (SSSR count). The van der Waals surface area contributed by atoms with E-state index in [4.69, 9.17) is 8.94 Å². The van der Waals surface area contributed by atoms with Crippen molar-refractivity contribution < 1.29 is 13.7 Å². The van der Waals surface area contributed by atoms with Crippen molar-refractivity contribution in [3.8, 4) is 0 Å². The number of carbonyl (C=O) groups excluding carboxylic acids is 1. The van der Waals surface area contributed by atoms with Gasteiger partial charge in [0.1, 0.15) is 5.76 Å². The Morgan fingerprint density at radius 2 is 2.35 bits per heavy atom. The van der Waals surface area contributed by atoms with Crippen LogP contribution in [0.3, 0.4) is 0 Å². The van der Waals surface area contributed by atoms with E-state index in [1.807, 2.05) is 12.1 Å². The summed E-state index contributed by atoms with van der Waals surface area (Å²) < 4.78 is 10.8. The van der Waals surface area contributed by atoms with Gasteiger partial charge in [-0.15, -0.1) is 10.2 Å². The van der Waals surface area contributed by atoms with Crippen molar-refractivity contribution in [3.63, 3.8) is 0 Å². The lowest BCUT2D eigenvalue weighted by Gasteiger charge is -1.98. The zero-order valence-corrected chi connectivity index (χ0v) is 13.7. The van der Waals surface area contributed by atoms with Crippen LogP contribution in [0.2, 0.25) is 0 Å². The second kappa shape index (κ2) is 7.29. The van der Waals surface area contributed by atoms with Gasteiger partial charge in [0.25, 0.3) is 0 Å². The number of nitrogens with one attached hydrogen (secondary N) is 2. The second-order valence-electron chi connectivity index (χ2n) is 4.48. The van der Waals surface area contributed by atoms with Gasteiger partial charge in [0.2, 0.25) is 16.9 Å². The molecule has 0 radical (unpaired) electrons. The summed E-state index contributed by atoms with van der Waals surface area (Å²) in [7, 11) is 0. The first kappa shape index (κ1) is 15.6. The number of amides is 1. The number of anilines is 2. The first-order valence-corrected chi connectivity index (χ1v) is 8.45. The average Bonchev–Trinajstić information content (AvgIpc) is 3.25. The van der Waals surface area contributed by atoms with E-state index in [9.17, 15) is 4.79 Å². The summed E-state index contributed by atoms with van der Waals surface area (Å²) in [5, 5.41) is 18.1. The number of furan rings is 1. The predicted octanol–water partition coefficient (Wildman–Crippen LogP) is 2.77. The van der Waals surface area contributed by atoms with Gasteiger partial charge >= 0.3 is 0 Å². The van der Waals surface area contributed by atoms with Gasteiger partial charge in [-0.1, -0.05) is 28.3 Å². The van der Waals surface area contributed by atoms with Crippen molar-refractivity contribution in [2.75, 3.05) is 16.4 Å². The van der Waals surface area contributed by atoms with Crippen LogP contribution >= 0.6 is 23.1 Å².